The van der Waals surface area contributed by atoms with Crippen molar-refractivity contribution in [3.63, 3.8) is 0 Å². The second kappa shape index (κ2) is 11.3. The highest BCUT2D eigenvalue weighted by molar-refractivity contribution is 5.94. The topological polar surface area (TPSA) is 47.6 Å². The van der Waals surface area contributed by atoms with Crippen molar-refractivity contribution in [2.45, 2.75) is 19.9 Å². The molecule has 3 aromatic carbocycles. The Hall–Kier alpha value is -3.22. The highest BCUT2D eigenvalue weighted by atomic mass is 19.1. The first-order chi connectivity index (χ1) is 16.6. The van der Waals surface area contributed by atoms with Crippen LogP contribution in [0.2, 0.25) is 0 Å². The van der Waals surface area contributed by atoms with Gasteiger partial charge in [-0.1, -0.05) is 36.4 Å². The molecule has 3 aromatic rings. The number of hydrogen-bond donors (Lipinski definition) is 2. The summed E-state index contributed by atoms with van der Waals surface area (Å²) < 4.78 is 14.2. The number of para-hydroxylation sites is 1. The predicted molar refractivity (Wildman–Crippen MR) is 136 cm³/mol. The summed E-state index contributed by atoms with van der Waals surface area (Å²) in [5.41, 5.74) is 4.28. The Morgan fingerprint density at radius 1 is 0.971 bits per heavy atom. The van der Waals surface area contributed by atoms with E-state index in [-0.39, 0.29) is 17.8 Å². The first-order valence-electron chi connectivity index (χ1n) is 12.1. The highest BCUT2D eigenvalue weighted by Crippen LogP contribution is 2.32. The van der Waals surface area contributed by atoms with E-state index in [2.05, 4.69) is 39.8 Å². The molecule has 1 atom stereocenters. The van der Waals surface area contributed by atoms with Crippen molar-refractivity contribution in [3.8, 4) is 0 Å². The van der Waals surface area contributed by atoms with Crippen molar-refractivity contribution in [3.05, 3.63) is 95.3 Å². The number of amides is 1. The minimum absolute atomic E-state index is 0.0436. The van der Waals surface area contributed by atoms with E-state index in [9.17, 15) is 9.18 Å². The van der Waals surface area contributed by atoms with Crippen LogP contribution in [0.3, 0.4) is 0 Å². The lowest BCUT2D eigenvalue weighted by Crippen LogP contribution is -2.45. The smallest absolute Gasteiger partial charge is 0.253 e. The maximum Gasteiger partial charge on any atom is 0.253 e. The van der Waals surface area contributed by atoms with Crippen LogP contribution in [0, 0.1) is 5.82 Å². The average Bonchev–Trinajstić information content (AvgIpc) is 2.88. The van der Waals surface area contributed by atoms with Crippen molar-refractivity contribution in [1.82, 2.24) is 15.1 Å². The van der Waals surface area contributed by atoms with Crippen molar-refractivity contribution in [1.29, 1.82) is 0 Å². The Morgan fingerprint density at radius 2 is 1.68 bits per heavy atom. The van der Waals surface area contributed by atoms with Gasteiger partial charge in [-0.25, -0.2) is 4.39 Å². The maximum absolute atomic E-state index is 14.2. The SMILES string of the molecule is CCN(CC)C(=O)c1ccc(C(c2cccc(Nc3ccccc3F)c2)N2CCNCC2)cc1. The monoisotopic (exact) mass is 460 g/mol. The molecule has 0 aromatic heterocycles. The first-order valence-corrected chi connectivity index (χ1v) is 12.1. The summed E-state index contributed by atoms with van der Waals surface area (Å²) in [6.45, 7) is 9.11. The van der Waals surface area contributed by atoms with Crippen LogP contribution >= 0.6 is 0 Å². The van der Waals surface area contributed by atoms with E-state index in [1.807, 2.05) is 49.1 Å². The van der Waals surface area contributed by atoms with Gasteiger partial charge in [0.15, 0.2) is 0 Å². The predicted octanol–water partition coefficient (Wildman–Crippen LogP) is 5.05. The van der Waals surface area contributed by atoms with Gasteiger partial charge in [0, 0.05) is 50.5 Å². The molecule has 34 heavy (non-hydrogen) atoms. The van der Waals surface area contributed by atoms with E-state index in [4.69, 9.17) is 0 Å². The lowest BCUT2D eigenvalue weighted by Gasteiger charge is -2.36. The second-order valence-corrected chi connectivity index (χ2v) is 8.52. The zero-order valence-corrected chi connectivity index (χ0v) is 19.9. The number of piperazine rings is 1. The Labute approximate surface area is 201 Å². The van der Waals surface area contributed by atoms with E-state index in [0.29, 0.717) is 24.3 Å². The third-order valence-corrected chi connectivity index (χ3v) is 6.40. The van der Waals surface area contributed by atoms with Gasteiger partial charge in [-0.3, -0.25) is 9.69 Å². The number of benzene rings is 3. The van der Waals surface area contributed by atoms with Crippen LogP contribution in [-0.4, -0.2) is 55.0 Å². The molecule has 1 aliphatic rings. The number of rotatable bonds is 8. The summed E-state index contributed by atoms with van der Waals surface area (Å²) in [5, 5.41) is 6.64. The van der Waals surface area contributed by atoms with Gasteiger partial charge in [0.25, 0.3) is 5.91 Å². The molecule has 5 nitrogen and oxygen atoms in total. The number of nitrogens with one attached hydrogen (secondary N) is 2. The summed E-state index contributed by atoms with van der Waals surface area (Å²) in [5.74, 6) is -0.216. The fourth-order valence-corrected chi connectivity index (χ4v) is 4.56. The minimum Gasteiger partial charge on any atom is -0.353 e. The van der Waals surface area contributed by atoms with Crippen molar-refractivity contribution >= 4 is 17.3 Å². The van der Waals surface area contributed by atoms with E-state index in [1.54, 1.807) is 12.1 Å². The Kier molecular flexibility index (Phi) is 7.93. The van der Waals surface area contributed by atoms with Crippen LogP contribution in [0.25, 0.3) is 0 Å². The number of hydrogen-bond acceptors (Lipinski definition) is 4. The van der Waals surface area contributed by atoms with Gasteiger partial charge < -0.3 is 15.5 Å². The first kappa shape index (κ1) is 23.9. The van der Waals surface area contributed by atoms with Crippen molar-refractivity contribution in [2.75, 3.05) is 44.6 Å². The van der Waals surface area contributed by atoms with Gasteiger partial charge in [0.2, 0.25) is 0 Å². The molecule has 0 bridgehead atoms. The zero-order chi connectivity index (χ0) is 23.9. The van der Waals surface area contributed by atoms with Crippen LogP contribution in [0.5, 0.6) is 0 Å². The normalized spacial score (nSPS) is 15.0. The number of carbonyl (C=O) groups excluding carboxylic acids is 1. The second-order valence-electron chi connectivity index (χ2n) is 8.52. The molecule has 2 N–H and O–H groups in total. The van der Waals surface area contributed by atoms with Gasteiger partial charge in [0.1, 0.15) is 5.82 Å². The van der Waals surface area contributed by atoms with Gasteiger partial charge >= 0.3 is 0 Å². The fraction of sp³-hybridized carbons (Fsp3) is 0.321. The molecule has 0 spiro atoms. The van der Waals surface area contributed by atoms with Gasteiger partial charge in [-0.2, -0.15) is 0 Å². The number of nitrogens with zero attached hydrogens (tertiary/aromatic N) is 2. The zero-order valence-electron chi connectivity index (χ0n) is 19.9. The summed E-state index contributed by atoms with van der Waals surface area (Å²) in [4.78, 5) is 17.1. The Balaban J connectivity index is 1.65. The Bertz CT molecular complexity index is 1090. The number of anilines is 2. The average molecular weight is 461 g/mol. The molecule has 0 saturated carbocycles. The van der Waals surface area contributed by atoms with E-state index >= 15 is 0 Å². The quantitative estimate of drug-likeness (QED) is 0.494. The molecule has 1 amide bonds. The van der Waals surface area contributed by atoms with Crippen molar-refractivity contribution in [2.24, 2.45) is 0 Å². The molecule has 1 heterocycles. The standard InChI is InChI=1S/C28H33FN4O/c1-3-32(4-2)28(34)22-14-12-21(13-15-22)27(33-18-16-30-17-19-33)23-8-7-9-24(20-23)31-26-11-6-5-10-25(26)29/h5-15,20,27,30-31H,3-4,16-19H2,1-2H3. The summed E-state index contributed by atoms with van der Waals surface area (Å²) in [7, 11) is 0. The fourth-order valence-electron chi connectivity index (χ4n) is 4.56. The molecule has 0 aliphatic carbocycles. The van der Waals surface area contributed by atoms with Crippen LogP contribution in [-0.2, 0) is 0 Å². The molecule has 6 heteroatoms. The molecule has 4 rings (SSSR count). The van der Waals surface area contributed by atoms with Gasteiger partial charge in [-0.05, 0) is 61.4 Å². The molecule has 1 aliphatic heterocycles. The lowest BCUT2D eigenvalue weighted by molar-refractivity contribution is 0.0773. The lowest BCUT2D eigenvalue weighted by atomic mass is 9.95. The molecule has 1 saturated heterocycles. The van der Waals surface area contributed by atoms with E-state index in [0.717, 1.165) is 43.0 Å². The van der Waals surface area contributed by atoms with Crippen LogP contribution in [0.15, 0.2) is 72.8 Å². The highest BCUT2D eigenvalue weighted by Gasteiger charge is 2.25. The Morgan fingerprint density at radius 3 is 2.35 bits per heavy atom. The summed E-state index contributed by atoms with van der Waals surface area (Å²) in [6.07, 6.45) is 0. The summed E-state index contributed by atoms with van der Waals surface area (Å²) in [6, 6.07) is 22.9. The molecule has 0 radical (unpaired) electrons. The number of halogens is 1. The van der Waals surface area contributed by atoms with E-state index < -0.39 is 0 Å². The van der Waals surface area contributed by atoms with Crippen LogP contribution in [0.4, 0.5) is 15.8 Å². The maximum atomic E-state index is 14.2. The van der Waals surface area contributed by atoms with Crippen LogP contribution < -0.4 is 10.6 Å². The summed E-state index contributed by atoms with van der Waals surface area (Å²) >= 11 is 0. The molecule has 1 unspecified atom stereocenters. The minimum atomic E-state index is -0.278. The largest absolute Gasteiger partial charge is 0.353 e. The van der Waals surface area contributed by atoms with Gasteiger partial charge in [0.05, 0.1) is 11.7 Å². The third kappa shape index (κ3) is 5.46. The molecule has 1 fully saturated rings. The molecule has 178 valence electrons. The van der Waals surface area contributed by atoms with E-state index in [1.165, 1.54) is 6.07 Å². The van der Waals surface area contributed by atoms with Crippen molar-refractivity contribution < 1.29 is 9.18 Å². The number of carbonyl (C=O) groups is 1. The molecular weight excluding hydrogens is 427 g/mol. The molecular formula is C28H33FN4O. The van der Waals surface area contributed by atoms with Gasteiger partial charge in [-0.15, -0.1) is 0 Å². The third-order valence-electron chi connectivity index (χ3n) is 6.40. The van der Waals surface area contributed by atoms with Crippen LogP contribution in [0.1, 0.15) is 41.4 Å².